The van der Waals surface area contributed by atoms with Gasteiger partial charge in [-0.15, -0.1) is 0 Å². The van der Waals surface area contributed by atoms with Crippen LogP contribution in [0.25, 0.3) is 16.6 Å². The third kappa shape index (κ3) is 4.89. The molecule has 210 valence electrons. The maximum atomic E-state index is 15.1. The van der Waals surface area contributed by atoms with Crippen LogP contribution >= 0.6 is 11.6 Å². The highest BCUT2D eigenvalue weighted by Gasteiger charge is 2.38. The Morgan fingerprint density at radius 2 is 1.93 bits per heavy atom. The minimum Gasteiger partial charge on any atom is -0.444 e. The van der Waals surface area contributed by atoms with E-state index >= 15 is 4.39 Å². The van der Waals surface area contributed by atoms with E-state index in [-0.39, 0.29) is 21.8 Å². The first kappa shape index (κ1) is 26.2. The van der Waals surface area contributed by atoms with Crippen LogP contribution in [0.2, 0.25) is 5.02 Å². The molecule has 2 fully saturated rings. The summed E-state index contributed by atoms with van der Waals surface area (Å²) in [5.41, 5.74) is -0.664. The second-order valence-electron chi connectivity index (χ2n) is 11.0. The van der Waals surface area contributed by atoms with Crippen LogP contribution in [-0.4, -0.2) is 72.0 Å². The van der Waals surface area contributed by atoms with Crippen LogP contribution in [0.15, 0.2) is 35.6 Å². The Morgan fingerprint density at radius 3 is 2.62 bits per heavy atom. The van der Waals surface area contributed by atoms with Gasteiger partial charge in [0.25, 0.3) is 5.56 Å². The summed E-state index contributed by atoms with van der Waals surface area (Å²) in [4.78, 5) is 41.8. The SMILES string of the molecule is CC(C)(C)OC(=O)N1CCN(n2c(C(Nc3ncnn4ccnc34)C3CC3)nc3c(F)ccc(Cl)c3c2=O)CC1. The first-order valence-corrected chi connectivity index (χ1v) is 13.5. The van der Waals surface area contributed by atoms with Crippen molar-refractivity contribution in [1.29, 1.82) is 0 Å². The van der Waals surface area contributed by atoms with E-state index in [4.69, 9.17) is 21.3 Å². The van der Waals surface area contributed by atoms with E-state index in [2.05, 4.69) is 20.4 Å². The van der Waals surface area contributed by atoms with E-state index in [1.165, 1.54) is 23.1 Å². The number of amides is 1. The number of carbonyl (C=O) groups excluding carboxylic acids is 1. The zero-order valence-corrected chi connectivity index (χ0v) is 23.1. The summed E-state index contributed by atoms with van der Waals surface area (Å²) in [7, 11) is 0. The minimum absolute atomic E-state index is 0.00668. The van der Waals surface area contributed by atoms with Crippen molar-refractivity contribution in [3.63, 3.8) is 0 Å². The van der Waals surface area contributed by atoms with Crippen LogP contribution in [0.1, 0.15) is 45.5 Å². The van der Waals surface area contributed by atoms with Gasteiger partial charge in [-0.2, -0.15) is 5.10 Å². The van der Waals surface area contributed by atoms with Crippen molar-refractivity contribution < 1.29 is 13.9 Å². The highest BCUT2D eigenvalue weighted by Crippen LogP contribution is 2.42. The van der Waals surface area contributed by atoms with E-state index in [9.17, 15) is 9.59 Å². The van der Waals surface area contributed by atoms with Gasteiger partial charge >= 0.3 is 6.09 Å². The number of hydrogen-bond acceptors (Lipinski definition) is 9. The quantitative estimate of drug-likeness (QED) is 0.385. The molecule has 6 rings (SSSR count). The molecule has 1 saturated heterocycles. The molecule has 12 nitrogen and oxygen atoms in total. The van der Waals surface area contributed by atoms with Gasteiger partial charge in [0, 0.05) is 25.5 Å². The molecule has 2 aliphatic rings. The number of benzene rings is 1. The van der Waals surface area contributed by atoms with Gasteiger partial charge in [-0.3, -0.25) is 4.79 Å². The molecule has 1 aromatic carbocycles. The lowest BCUT2D eigenvalue weighted by molar-refractivity contribution is 0.0231. The fourth-order valence-corrected chi connectivity index (χ4v) is 5.17. The number of rotatable bonds is 5. The van der Waals surface area contributed by atoms with Crippen LogP contribution in [0.4, 0.5) is 15.0 Å². The van der Waals surface area contributed by atoms with Gasteiger partial charge in [-0.1, -0.05) is 11.6 Å². The average molecular weight is 570 g/mol. The Morgan fingerprint density at radius 1 is 1.18 bits per heavy atom. The molecule has 1 N–H and O–H groups in total. The standard InChI is InChI=1S/C26H29ClFN9O3/c1-26(2,3)40-25(39)34-10-12-35(13-11-34)37-22(33-20-17(28)7-6-16(27)18(20)24(37)38)19(15-4-5-15)32-21-23-29-8-9-36(23)31-14-30-21/h6-9,14-15,19H,4-5,10-13H2,1-3H3,(H,30,31,32). The number of nitrogens with zero attached hydrogens (tertiary/aromatic N) is 8. The van der Waals surface area contributed by atoms with E-state index in [0.717, 1.165) is 12.8 Å². The van der Waals surface area contributed by atoms with E-state index in [1.807, 2.05) is 25.8 Å². The van der Waals surface area contributed by atoms with Gasteiger partial charge in [0.2, 0.25) is 0 Å². The second kappa shape index (κ2) is 9.88. The van der Waals surface area contributed by atoms with Gasteiger partial charge in [0.15, 0.2) is 17.3 Å². The molecular formula is C26H29ClFN9O3. The Kier molecular flexibility index (Phi) is 6.48. The maximum absolute atomic E-state index is 15.1. The summed E-state index contributed by atoms with van der Waals surface area (Å²) in [5, 5.41) is 9.54. The number of carbonyl (C=O) groups is 1. The third-order valence-electron chi connectivity index (χ3n) is 6.98. The molecule has 1 atom stereocenters. The Bertz CT molecular complexity index is 1660. The summed E-state index contributed by atoms with van der Waals surface area (Å²) in [5.74, 6) is 0.312. The molecule has 14 heteroatoms. The second-order valence-corrected chi connectivity index (χ2v) is 11.4. The van der Waals surface area contributed by atoms with Gasteiger partial charge < -0.3 is 20.0 Å². The molecule has 40 heavy (non-hydrogen) atoms. The summed E-state index contributed by atoms with van der Waals surface area (Å²) in [6, 6.07) is 2.09. The highest BCUT2D eigenvalue weighted by molar-refractivity contribution is 6.35. The normalized spacial score (nSPS) is 16.9. The zero-order chi connectivity index (χ0) is 28.2. The third-order valence-corrected chi connectivity index (χ3v) is 7.29. The maximum Gasteiger partial charge on any atom is 0.410 e. The Balaban J connectivity index is 1.42. The van der Waals surface area contributed by atoms with Gasteiger partial charge in [0.05, 0.1) is 29.5 Å². The molecular weight excluding hydrogens is 541 g/mol. The lowest BCUT2D eigenvalue weighted by Crippen LogP contribution is -2.57. The predicted molar refractivity (Wildman–Crippen MR) is 147 cm³/mol. The lowest BCUT2D eigenvalue weighted by Gasteiger charge is -2.38. The number of imidazole rings is 1. The minimum atomic E-state index is -0.633. The topological polar surface area (TPSA) is 123 Å². The zero-order valence-electron chi connectivity index (χ0n) is 22.3. The number of halogens is 2. The summed E-state index contributed by atoms with van der Waals surface area (Å²) in [6.07, 6.45) is 6.12. The van der Waals surface area contributed by atoms with Crippen LogP contribution in [-0.2, 0) is 4.74 Å². The molecule has 1 aliphatic heterocycles. The molecule has 1 amide bonds. The lowest BCUT2D eigenvalue weighted by atomic mass is 10.1. The first-order valence-electron chi connectivity index (χ1n) is 13.2. The molecule has 1 aliphatic carbocycles. The molecule has 0 radical (unpaired) electrons. The Labute approximate surface area is 233 Å². The van der Waals surface area contributed by atoms with Gasteiger partial charge in [0.1, 0.15) is 23.3 Å². The monoisotopic (exact) mass is 569 g/mol. The number of piperazine rings is 1. The first-order chi connectivity index (χ1) is 19.1. The van der Waals surface area contributed by atoms with Crippen molar-refractivity contribution in [2.45, 2.75) is 45.3 Å². The number of nitrogens with one attached hydrogen (secondary N) is 1. The highest BCUT2D eigenvalue weighted by atomic mass is 35.5. The largest absolute Gasteiger partial charge is 0.444 e. The molecule has 4 aromatic rings. The Hall–Kier alpha value is -4.00. The van der Waals surface area contributed by atoms with E-state index < -0.39 is 29.1 Å². The van der Waals surface area contributed by atoms with Crippen LogP contribution in [0, 0.1) is 11.7 Å². The number of aromatic nitrogens is 6. The van der Waals surface area contributed by atoms with Gasteiger partial charge in [-0.25, -0.2) is 33.3 Å². The number of ether oxygens (including phenoxy) is 1. The van der Waals surface area contributed by atoms with Crippen molar-refractivity contribution in [3.05, 3.63) is 57.9 Å². The van der Waals surface area contributed by atoms with Gasteiger partial charge in [-0.05, 0) is 51.7 Å². The smallest absolute Gasteiger partial charge is 0.410 e. The molecule has 4 heterocycles. The molecule has 1 unspecified atom stereocenters. The molecule has 1 saturated carbocycles. The van der Waals surface area contributed by atoms with Crippen molar-refractivity contribution in [2.75, 3.05) is 36.5 Å². The van der Waals surface area contributed by atoms with Crippen LogP contribution in [0.5, 0.6) is 0 Å². The average Bonchev–Trinajstić information content (AvgIpc) is 3.63. The van der Waals surface area contributed by atoms with Crippen molar-refractivity contribution in [1.82, 2.24) is 34.1 Å². The van der Waals surface area contributed by atoms with E-state index in [1.54, 1.807) is 21.8 Å². The molecule has 0 spiro atoms. The number of hydrogen-bond donors (Lipinski definition) is 1. The van der Waals surface area contributed by atoms with Crippen LogP contribution in [0.3, 0.4) is 0 Å². The summed E-state index contributed by atoms with van der Waals surface area (Å²) in [6.45, 7) is 6.78. The fourth-order valence-electron chi connectivity index (χ4n) is 4.93. The number of fused-ring (bicyclic) bond motifs is 2. The molecule has 3 aromatic heterocycles. The van der Waals surface area contributed by atoms with E-state index in [0.29, 0.717) is 43.5 Å². The predicted octanol–water partition coefficient (Wildman–Crippen LogP) is 3.38. The molecule has 0 bridgehead atoms. The number of anilines is 1. The summed E-state index contributed by atoms with van der Waals surface area (Å²) >= 11 is 6.41. The van der Waals surface area contributed by atoms with Crippen molar-refractivity contribution in [2.24, 2.45) is 5.92 Å². The van der Waals surface area contributed by atoms with Crippen LogP contribution < -0.4 is 15.9 Å². The van der Waals surface area contributed by atoms with Crippen molar-refractivity contribution in [3.8, 4) is 0 Å². The summed E-state index contributed by atoms with van der Waals surface area (Å²) < 4.78 is 23.7. The van der Waals surface area contributed by atoms with Crippen molar-refractivity contribution >= 4 is 40.1 Å². The fraction of sp³-hybridized carbons (Fsp3) is 0.462.